The first-order chi connectivity index (χ1) is 31.4. The maximum absolute atomic E-state index is 14.9. The molecule has 64 heavy (non-hydrogen) atoms. The van der Waals surface area contributed by atoms with Crippen molar-refractivity contribution >= 4 is 11.6 Å². The molecule has 9 rings (SSSR count). The molecule has 2 N–H and O–H groups in total. The number of oxime groups is 1. The molecule has 6 unspecified atom stereocenters. The van der Waals surface area contributed by atoms with E-state index in [0.29, 0.717) is 61.2 Å². The summed E-state index contributed by atoms with van der Waals surface area (Å²) in [6.45, 7) is 7.25. The number of hydrogen-bond acceptors (Lipinski definition) is 10. The van der Waals surface area contributed by atoms with Crippen LogP contribution in [0.5, 0.6) is 28.7 Å². The average Bonchev–Trinajstić information content (AvgIpc) is 4.08. The van der Waals surface area contributed by atoms with Crippen molar-refractivity contribution in [2.75, 3.05) is 33.2 Å². The molecule has 4 aromatic carbocycles. The molecule has 2 fully saturated rings. The average molecular weight is 869 g/mol. The summed E-state index contributed by atoms with van der Waals surface area (Å²) in [5, 5.41) is 24.8. The Morgan fingerprint density at radius 1 is 0.875 bits per heavy atom. The van der Waals surface area contributed by atoms with Gasteiger partial charge < -0.3 is 43.6 Å². The number of benzene rings is 4. The highest BCUT2D eigenvalue weighted by Crippen LogP contribution is 2.62. The fraction of sp³-hybridized carbons (Fsp3) is 0.434. The van der Waals surface area contributed by atoms with Crippen molar-refractivity contribution in [3.8, 4) is 39.9 Å². The minimum Gasteiger partial charge on any atom is -0.459 e. The molecule has 0 radical (unpaired) electrons. The van der Waals surface area contributed by atoms with Crippen molar-refractivity contribution in [1.29, 1.82) is 0 Å². The topological polar surface area (TPSA) is 129 Å². The Morgan fingerprint density at radius 3 is 2.36 bits per heavy atom. The number of carbonyl (C=O) groups excluding carboxylic acids is 1. The predicted octanol–water partition coefficient (Wildman–Crippen LogP) is 9.97. The number of fused-ring (bicyclic) bond motifs is 3. The number of ether oxygens (including phenoxy) is 5. The van der Waals surface area contributed by atoms with E-state index in [1.54, 1.807) is 6.08 Å². The van der Waals surface area contributed by atoms with Crippen molar-refractivity contribution in [3.05, 3.63) is 126 Å². The first kappa shape index (κ1) is 43.6. The number of amides is 1. The molecule has 11 heteroatoms. The summed E-state index contributed by atoms with van der Waals surface area (Å²) >= 11 is 0. The lowest BCUT2D eigenvalue weighted by Gasteiger charge is -2.60. The quantitative estimate of drug-likeness (QED) is 0.0507. The van der Waals surface area contributed by atoms with E-state index in [4.69, 9.17) is 33.7 Å². The number of aliphatic hydroxyl groups excluding tert-OH is 2. The smallest absolute Gasteiger partial charge is 0.239 e. The third kappa shape index (κ3) is 8.90. The Hall–Kier alpha value is -5.62. The summed E-state index contributed by atoms with van der Waals surface area (Å²) in [7, 11) is 0. The van der Waals surface area contributed by atoms with Crippen molar-refractivity contribution in [2.24, 2.45) is 28.8 Å². The summed E-state index contributed by atoms with van der Waals surface area (Å²) in [5.41, 5.74) is 5.92. The van der Waals surface area contributed by atoms with Crippen molar-refractivity contribution in [3.63, 3.8) is 0 Å². The number of hydrogen-bond donors (Lipinski definition) is 2. The molecule has 336 valence electrons. The van der Waals surface area contributed by atoms with Crippen LogP contribution in [0, 0.1) is 23.7 Å². The Labute approximate surface area is 376 Å². The maximum Gasteiger partial charge on any atom is 0.239 e. The molecule has 2 saturated carbocycles. The van der Waals surface area contributed by atoms with Gasteiger partial charge in [-0.05, 0) is 122 Å². The van der Waals surface area contributed by atoms with E-state index in [1.165, 1.54) is 0 Å². The molecule has 0 aromatic heterocycles. The van der Waals surface area contributed by atoms with Gasteiger partial charge in [0.1, 0.15) is 29.9 Å². The monoisotopic (exact) mass is 868 g/mol. The molecule has 3 aliphatic carbocycles. The van der Waals surface area contributed by atoms with Crippen molar-refractivity contribution < 1.29 is 43.5 Å². The predicted molar refractivity (Wildman–Crippen MR) is 244 cm³/mol. The SMILES string of the molecule is C=CCOC12Oc3ccc(Oc4ccc(-c5ccccc5)cc4)cc3C3C(CCCCO)C(CCCCO)C=C(C(=NOCC)CC1N(Cc1ccc4c(c1)OCO4)C(=O)C1CC1)C32. The van der Waals surface area contributed by atoms with Crippen LogP contribution in [0.1, 0.15) is 81.8 Å². The van der Waals surface area contributed by atoms with Gasteiger partial charge in [0.25, 0.3) is 0 Å². The first-order valence-corrected chi connectivity index (χ1v) is 23.2. The molecule has 0 saturated heterocycles. The number of unbranched alkanes of at least 4 members (excludes halogenated alkanes) is 2. The van der Waals surface area contributed by atoms with Crippen LogP contribution >= 0.6 is 0 Å². The minimum atomic E-state index is -1.36. The normalized spacial score (nSPS) is 24.5. The van der Waals surface area contributed by atoms with Gasteiger partial charge in [-0.15, -0.1) is 6.58 Å². The van der Waals surface area contributed by atoms with Crippen LogP contribution < -0.4 is 18.9 Å². The lowest BCUT2D eigenvalue weighted by molar-refractivity contribution is -0.258. The van der Waals surface area contributed by atoms with Gasteiger partial charge in [0.15, 0.2) is 11.5 Å². The van der Waals surface area contributed by atoms with Crippen LogP contribution in [-0.4, -0.2) is 71.8 Å². The second kappa shape index (κ2) is 19.6. The molecule has 5 aliphatic rings. The van der Waals surface area contributed by atoms with E-state index in [-0.39, 0.29) is 56.2 Å². The van der Waals surface area contributed by atoms with Gasteiger partial charge >= 0.3 is 0 Å². The van der Waals surface area contributed by atoms with Crippen LogP contribution in [0.3, 0.4) is 0 Å². The molecule has 4 aromatic rings. The number of aliphatic hydroxyl groups is 2. The summed E-state index contributed by atoms with van der Waals surface area (Å²) < 4.78 is 32.8. The Kier molecular flexibility index (Phi) is 13.4. The highest BCUT2D eigenvalue weighted by molar-refractivity contribution is 6.03. The van der Waals surface area contributed by atoms with Crippen molar-refractivity contribution in [1.82, 2.24) is 4.90 Å². The standard InChI is InChI=1S/C53H60N2O9/c1-3-28-61-53-49(55(52(58)38-17-18-38)33-35-16-24-47-48(29-35)60-34-59-47)32-45(54-62-4-2)43-30-39(14-8-10-26-56)42(15-9-11-27-57)50(51(43)53)44-31-41(23-25-46(44)64-53)63-40-21-19-37(20-22-40)36-12-6-5-7-13-36/h3,5-7,12-13,16,19-25,29-31,38-39,42,49-51,56-57H,1,4,8-11,14-15,17-18,26-28,32-34H2,2H3. The second-order valence-corrected chi connectivity index (χ2v) is 17.6. The summed E-state index contributed by atoms with van der Waals surface area (Å²) in [5.74, 6) is 1.61. The zero-order chi connectivity index (χ0) is 44.0. The Balaban J connectivity index is 1.19. The van der Waals surface area contributed by atoms with Crippen LogP contribution in [0.2, 0.25) is 0 Å². The molecular weight excluding hydrogens is 809 g/mol. The van der Waals surface area contributed by atoms with Crippen LogP contribution in [0.15, 0.2) is 120 Å². The van der Waals surface area contributed by atoms with Gasteiger partial charge in [0, 0.05) is 43.6 Å². The van der Waals surface area contributed by atoms with Crippen LogP contribution in [-0.2, 0) is 20.9 Å². The van der Waals surface area contributed by atoms with Gasteiger partial charge in [-0.25, -0.2) is 0 Å². The highest BCUT2D eigenvalue weighted by atomic mass is 16.7. The molecule has 11 nitrogen and oxygen atoms in total. The number of allylic oxidation sites excluding steroid dienone is 1. The van der Waals surface area contributed by atoms with E-state index in [9.17, 15) is 15.0 Å². The van der Waals surface area contributed by atoms with Crippen LogP contribution in [0.25, 0.3) is 11.1 Å². The molecular formula is C53H60N2O9. The van der Waals surface area contributed by atoms with Gasteiger partial charge in [0.2, 0.25) is 18.5 Å². The summed E-state index contributed by atoms with van der Waals surface area (Å²) in [6.07, 6.45) is 10.8. The van der Waals surface area contributed by atoms with Crippen LogP contribution in [0.4, 0.5) is 0 Å². The Bertz CT molecular complexity index is 2330. The molecule has 0 spiro atoms. The highest BCUT2D eigenvalue weighted by Gasteiger charge is 2.66. The third-order valence-electron chi connectivity index (χ3n) is 13.5. The van der Waals surface area contributed by atoms with E-state index in [2.05, 4.69) is 43.0 Å². The maximum atomic E-state index is 14.9. The Morgan fingerprint density at radius 2 is 1.61 bits per heavy atom. The summed E-state index contributed by atoms with van der Waals surface area (Å²) in [6, 6.07) is 29.7. The largest absolute Gasteiger partial charge is 0.459 e. The number of carbonyl (C=O) groups is 1. The number of rotatable bonds is 20. The lowest BCUT2D eigenvalue weighted by Crippen LogP contribution is -2.70. The van der Waals surface area contributed by atoms with Gasteiger partial charge in [0.05, 0.1) is 18.2 Å². The van der Waals surface area contributed by atoms with Gasteiger partial charge in [-0.2, -0.15) is 0 Å². The zero-order valence-corrected chi connectivity index (χ0v) is 36.7. The number of nitrogens with zero attached hydrogens (tertiary/aromatic N) is 2. The van der Waals surface area contributed by atoms with Crippen molar-refractivity contribution in [2.45, 2.75) is 89.0 Å². The van der Waals surface area contributed by atoms with Gasteiger partial charge in [-0.1, -0.05) is 78.7 Å². The summed E-state index contributed by atoms with van der Waals surface area (Å²) in [4.78, 5) is 22.8. The molecule has 2 heterocycles. The van der Waals surface area contributed by atoms with E-state index >= 15 is 0 Å². The van der Waals surface area contributed by atoms with E-state index in [1.807, 2.05) is 72.5 Å². The second-order valence-electron chi connectivity index (χ2n) is 17.6. The zero-order valence-electron chi connectivity index (χ0n) is 36.7. The molecule has 0 bridgehead atoms. The van der Waals surface area contributed by atoms with E-state index in [0.717, 1.165) is 72.1 Å². The fourth-order valence-corrected chi connectivity index (χ4v) is 10.5. The molecule has 2 aliphatic heterocycles. The fourth-order valence-electron chi connectivity index (χ4n) is 10.5. The lowest BCUT2D eigenvalue weighted by atomic mass is 9.55. The minimum absolute atomic E-state index is 0.0533. The molecule has 1 amide bonds. The third-order valence-corrected chi connectivity index (χ3v) is 13.5. The first-order valence-electron chi connectivity index (χ1n) is 23.2. The molecule has 6 atom stereocenters. The van der Waals surface area contributed by atoms with Gasteiger partial charge in [-0.3, -0.25) is 4.79 Å². The van der Waals surface area contributed by atoms with E-state index < -0.39 is 17.7 Å².